The number of benzene rings is 1. The summed E-state index contributed by atoms with van der Waals surface area (Å²) in [6.07, 6.45) is 0.841. The molecule has 0 radical (unpaired) electrons. The molecule has 5 heteroatoms. The van der Waals surface area contributed by atoms with Crippen molar-refractivity contribution in [3.63, 3.8) is 0 Å². The van der Waals surface area contributed by atoms with Gasteiger partial charge >= 0.3 is 0 Å². The summed E-state index contributed by atoms with van der Waals surface area (Å²) >= 11 is 0. The summed E-state index contributed by atoms with van der Waals surface area (Å²) in [5.74, 6) is 1.07. The second kappa shape index (κ2) is 8.76. The molecule has 1 unspecified atom stereocenters. The van der Waals surface area contributed by atoms with Crippen molar-refractivity contribution in [2.24, 2.45) is 11.7 Å². The van der Waals surface area contributed by atoms with E-state index in [-0.39, 0.29) is 11.4 Å². The highest BCUT2D eigenvalue weighted by molar-refractivity contribution is 5.94. The minimum atomic E-state index is -0.390. The minimum absolute atomic E-state index is 0.114. The van der Waals surface area contributed by atoms with Gasteiger partial charge in [0.15, 0.2) is 0 Å². The SMILES string of the molecule is COCCOc1ccc(C(=O)NC(C)(CN)CC(C)C)cc1. The Labute approximate surface area is 133 Å². The smallest absolute Gasteiger partial charge is 0.251 e. The van der Waals surface area contributed by atoms with Crippen LogP contribution in [0.15, 0.2) is 24.3 Å². The number of methoxy groups -OCH3 is 1. The minimum Gasteiger partial charge on any atom is -0.491 e. The number of hydrogen-bond donors (Lipinski definition) is 2. The lowest BCUT2D eigenvalue weighted by molar-refractivity contribution is 0.0898. The van der Waals surface area contributed by atoms with Gasteiger partial charge < -0.3 is 20.5 Å². The van der Waals surface area contributed by atoms with E-state index in [2.05, 4.69) is 19.2 Å². The van der Waals surface area contributed by atoms with Gasteiger partial charge in [0.1, 0.15) is 12.4 Å². The van der Waals surface area contributed by atoms with Crippen LogP contribution in [0.25, 0.3) is 0 Å². The van der Waals surface area contributed by atoms with Crippen LogP contribution in [0.3, 0.4) is 0 Å². The molecule has 0 aliphatic heterocycles. The third kappa shape index (κ3) is 6.03. The lowest BCUT2D eigenvalue weighted by Gasteiger charge is -2.31. The Hall–Kier alpha value is -1.59. The average molecular weight is 308 g/mol. The van der Waals surface area contributed by atoms with E-state index in [1.807, 2.05) is 6.92 Å². The van der Waals surface area contributed by atoms with Gasteiger partial charge in [0, 0.05) is 24.8 Å². The fourth-order valence-electron chi connectivity index (χ4n) is 2.38. The predicted molar refractivity (Wildman–Crippen MR) is 88.2 cm³/mol. The number of nitrogens with two attached hydrogens (primary N) is 1. The summed E-state index contributed by atoms with van der Waals surface area (Å²) in [6.45, 7) is 7.65. The van der Waals surface area contributed by atoms with E-state index >= 15 is 0 Å². The van der Waals surface area contributed by atoms with E-state index < -0.39 is 0 Å². The van der Waals surface area contributed by atoms with Gasteiger partial charge in [0.05, 0.1) is 6.61 Å². The highest BCUT2D eigenvalue weighted by atomic mass is 16.5. The largest absolute Gasteiger partial charge is 0.491 e. The summed E-state index contributed by atoms with van der Waals surface area (Å²) < 4.78 is 10.4. The molecule has 1 atom stereocenters. The van der Waals surface area contributed by atoms with Crippen molar-refractivity contribution < 1.29 is 14.3 Å². The monoisotopic (exact) mass is 308 g/mol. The molecular formula is C17H28N2O3. The Morgan fingerprint density at radius 3 is 2.41 bits per heavy atom. The highest BCUT2D eigenvalue weighted by Gasteiger charge is 2.26. The molecule has 124 valence electrons. The summed E-state index contributed by atoms with van der Waals surface area (Å²) in [6, 6.07) is 7.08. The lowest BCUT2D eigenvalue weighted by Crippen LogP contribution is -2.52. The van der Waals surface area contributed by atoms with Crippen molar-refractivity contribution in [3.8, 4) is 5.75 Å². The van der Waals surface area contributed by atoms with Gasteiger partial charge in [-0.2, -0.15) is 0 Å². The van der Waals surface area contributed by atoms with Gasteiger partial charge in [-0.25, -0.2) is 0 Å². The Kier molecular flexibility index (Phi) is 7.35. The third-order valence-corrected chi connectivity index (χ3v) is 3.40. The van der Waals surface area contributed by atoms with Crippen LogP contribution >= 0.6 is 0 Å². The van der Waals surface area contributed by atoms with Crippen molar-refractivity contribution in [1.82, 2.24) is 5.32 Å². The number of rotatable bonds is 9. The second-order valence-electron chi connectivity index (χ2n) is 6.18. The molecule has 1 aromatic carbocycles. The van der Waals surface area contributed by atoms with Crippen LogP contribution in [0.1, 0.15) is 37.6 Å². The normalized spacial score (nSPS) is 13.7. The van der Waals surface area contributed by atoms with Crippen LogP contribution in [0.4, 0.5) is 0 Å². The molecule has 0 aromatic heterocycles. The molecule has 0 aliphatic rings. The quantitative estimate of drug-likeness (QED) is 0.686. The van der Waals surface area contributed by atoms with Gasteiger partial charge in [0.25, 0.3) is 5.91 Å². The Morgan fingerprint density at radius 1 is 1.27 bits per heavy atom. The first-order valence-corrected chi connectivity index (χ1v) is 7.64. The zero-order chi connectivity index (χ0) is 16.6. The molecular weight excluding hydrogens is 280 g/mol. The molecule has 0 saturated carbocycles. The zero-order valence-corrected chi connectivity index (χ0v) is 14.0. The van der Waals surface area contributed by atoms with Crippen molar-refractivity contribution in [3.05, 3.63) is 29.8 Å². The van der Waals surface area contributed by atoms with Gasteiger partial charge in [-0.3, -0.25) is 4.79 Å². The average Bonchev–Trinajstić information content (AvgIpc) is 2.47. The number of nitrogens with one attached hydrogen (secondary N) is 1. The Bertz CT molecular complexity index is 459. The van der Waals surface area contributed by atoms with E-state index in [0.717, 1.165) is 12.2 Å². The van der Waals surface area contributed by atoms with Crippen LogP contribution in [0.5, 0.6) is 5.75 Å². The fraction of sp³-hybridized carbons (Fsp3) is 0.588. The van der Waals surface area contributed by atoms with Crippen LogP contribution in [0, 0.1) is 5.92 Å². The van der Waals surface area contributed by atoms with Gasteiger partial charge in [-0.15, -0.1) is 0 Å². The zero-order valence-electron chi connectivity index (χ0n) is 14.0. The Balaban J connectivity index is 2.65. The van der Waals surface area contributed by atoms with Gasteiger partial charge in [0.2, 0.25) is 0 Å². The summed E-state index contributed by atoms with van der Waals surface area (Å²) in [5.41, 5.74) is 6.04. The number of carbonyl (C=O) groups is 1. The van der Waals surface area contributed by atoms with Crippen LogP contribution in [-0.2, 0) is 4.74 Å². The van der Waals surface area contributed by atoms with Gasteiger partial charge in [-0.05, 0) is 43.5 Å². The van der Waals surface area contributed by atoms with E-state index in [9.17, 15) is 4.79 Å². The number of ether oxygens (including phenoxy) is 2. The Morgan fingerprint density at radius 2 is 1.91 bits per heavy atom. The molecule has 22 heavy (non-hydrogen) atoms. The molecule has 5 nitrogen and oxygen atoms in total. The summed E-state index contributed by atoms with van der Waals surface area (Å²) in [4.78, 5) is 12.3. The molecule has 0 spiro atoms. The lowest BCUT2D eigenvalue weighted by atomic mass is 9.90. The highest BCUT2D eigenvalue weighted by Crippen LogP contribution is 2.17. The van der Waals surface area contributed by atoms with Crippen molar-refractivity contribution in [1.29, 1.82) is 0 Å². The van der Waals surface area contributed by atoms with Crippen LogP contribution in [-0.4, -0.2) is 38.3 Å². The van der Waals surface area contributed by atoms with E-state index in [1.54, 1.807) is 31.4 Å². The summed E-state index contributed by atoms with van der Waals surface area (Å²) in [7, 11) is 1.63. The first-order valence-electron chi connectivity index (χ1n) is 7.64. The second-order valence-corrected chi connectivity index (χ2v) is 6.18. The first kappa shape index (κ1) is 18.5. The van der Waals surface area contributed by atoms with E-state index in [0.29, 0.717) is 31.2 Å². The maximum absolute atomic E-state index is 12.3. The van der Waals surface area contributed by atoms with Gasteiger partial charge in [-0.1, -0.05) is 13.8 Å². The maximum atomic E-state index is 12.3. The standard InChI is InChI=1S/C17H28N2O3/c1-13(2)11-17(3,12-18)19-16(20)14-5-7-15(8-6-14)22-10-9-21-4/h5-8,13H,9-12,18H2,1-4H3,(H,19,20). The molecule has 0 bridgehead atoms. The number of hydrogen-bond acceptors (Lipinski definition) is 4. The van der Waals surface area contributed by atoms with Crippen molar-refractivity contribution in [2.75, 3.05) is 26.9 Å². The number of amides is 1. The third-order valence-electron chi connectivity index (χ3n) is 3.40. The molecule has 1 aromatic rings. The number of carbonyl (C=O) groups excluding carboxylic acids is 1. The van der Waals surface area contributed by atoms with E-state index in [4.69, 9.17) is 15.2 Å². The fourth-order valence-corrected chi connectivity index (χ4v) is 2.38. The van der Waals surface area contributed by atoms with Crippen molar-refractivity contribution >= 4 is 5.91 Å². The molecule has 0 aliphatic carbocycles. The first-order chi connectivity index (χ1) is 10.4. The van der Waals surface area contributed by atoms with Crippen LogP contribution in [0.2, 0.25) is 0 Å². The maximum Gasteiger partial charge on any atom is 0.251 e. The van der Waals surface area contributed by atoms with Crippen molar-refractivity contribution in [2.45, 2.75) is 32.7 Å². The molecule has 3 N–H and O–H groups in total. The topological polar surface area (TPSA) is 73.6 Å². The summed E-state index contributed by atoms with van der Waals surface area (Å²) in [5, 5.41) is 3.04. The molecule has 0 saturated heterocycles. The van der Waals surface area contributed by atoms with Crippen LogP contribution < -0.4 is 15.8 Å². The van der Waals surface area contributed by atoms with E-state index in [1.165, 1.54) is 0 Å². The molecule has 1 amide bonds. The molecule has 0 heterocycles. The molecule has 1 rings (SSSR count). The predicted octanol–water partition coefficient (Wildman–Crippen LogP) is 2.21. The molecule has 0 fully saturated rings.